The molecule has 0 aromatic heterocycles. The first-order valence-corrected chi connectivity index (χ1v) is 10.1. The first-order valence-electron chi connectivity index (χ1n) is 8.58. The van der Waals surface area contributed by atoms with Crippen molar-refractivity contribution in [3.05, 3.63) is 0 Å². The average molecular weight is 786 g/mol. The van der Waals surface area contributed by atoms with Crippen LogP contribution in [0, 0.1) is 0 Å². The summed E-state index contributed by atoms with van der Waals surface area (Å²) in [6.07, 6.45) is 0. The Kier molecular flexibility index (Phi) is 9.41. The molecule has 0 atom stereocenters. The van der Waals surface area contributed by atoms with E-state index >= 15 is 0 Å². The van der Waals surface area contributed by atoms with Crippen molar-refractivity contribution in [2.45, 2.75) is 71.1 Å². The highest BCUT2D eigenvalue weighted by atomic mass is 127. The summed E-state index contributed by atoms with van der Waals surface area (Å²) in [6, 6.07) is 0. The molecule has 0 heterocycles. The van der Waals surface area contributed by atoms with Crippen LogP contribution in [0.5, 0.6) is 0 Å². The number of hydrogen-bond acceptors (Lipinski definition) is 1. The Balaban J connectivity index is 7.40. The molecular weight excluding hydrogens is 783 g/mol. The van der Waals surface area contributed by atoms with Gasteiger partial charge in [0.05, 0.1) is 4.43 Å². The fourth-order valence-electron chi connectivity index (χ4n) is 2.22. The molecule has 0 rings (SSSR count). The van der Waals surface area contributed by atoms with Crippen LogP contribution in [0.2, 0.25) is 0 Å². The van der Waals surface area contributed by atoms with Crippen LogP contribution in [0.25, 0.3) is 0 Å². The van der Waals surface area contributed by atoms with Crippen LogP contribution in [-0.2, 0) is 4.79 Å². The number of carboxylic acid groups (broad SMARTS) is 1. The van der Waals surface area contributed by atoms with Crippen LogP contribution in [0.3, 0.4) is 0 Å². The summed E-state index contributed by atoms with van der Waals surface area (Å²) < 4.78 is 318. The van der Waals surface area contributed by atoms with Crippen molar-refractivity contribution in [2.75, 3.05) is 4.43 Å². The fourth-order valence-corrected chi connectivity index (χ4v) is 2.70. The number of halogens is 25. The molecule has 0 bridgehead atoms. The second-order valence-corrected chi connectivity index (χ2v) is 8.22. The van der Waals surface area contributed by atoms with E-state index in [2.05, 4.69) is 0 Å². The lowest BCUT2D eigenvalue weighted by atomic mass is 9.84. The normalized spacial score (nSPS) is 16.7. The van der Waals surface area contributed by atoms with E-state index in [0.717, 1.165) is 0 Å². The van der Waals surface area contributed by atoms with Gasteiger partial charge in [0, 0.05) is 0 Å². The van der Waals surface area contributed by atoms with Crippen molar-refractivity contribution in [1.82, 2.24) is 0 Å². The molecule has 246 valence electrons. The summed E-state index contributed by atoms with van der Waals surface area (Å²) in [5, 5.41) is 7.68. The first-order chi connectivity index (χ1) is 17.3. The topological polar surface area (TPSA) is 37.3 Å². The number of alkyl halides is 25. The second kappa shape index (κ2) is 9.76. The summed E-state index contributed by atoms with van der Waals surface area (Å²) in [4.78, 5) is 9.92. The largest absolute Gasteiger partial charge is 0.477 e. The van der Waals surface area contributed by atoms with Gasteiger partial charge in [-0.15, -0.1) is 0 Å². The van der Waals surface area contributed by atoms with Crippen molar-refractivity contribution in [3.8, 4) is 0 Å². The van der Waals surface area contributed by atoms with Gasteiger partial charge in [0.1, 0.15) is 0 Å². The molecule has 0 aliphatic rings. The molecule has 0 fully saturated rings. The minimum absolute atomic E-state index is 0.0529. The van der Waals surface area contributed by atoms with Crippen molar-refractivity contribution < 1.29 is 115 Å². The van der Waals surface area contributed by atoms with Crippen LogP contribution < -0.4 is 0 Å². The predicted octanol–water partition coefficient (Wildman–Crippen LogP) is 8.13. The van der Waals surface area contributed by atoms with Crippen molar-refractivity contribution in [1.29, 1.82) is 0 Å². The Hall–Kier alpha value is -1.48. The van der Waals surface area contributed by atoms with E-state index in [1.807, 2.05) is 0 Å². The third kappa shape index (κ3) is 4.53. The van der Waals surface area contributed by atoms with Crippen molar-refractivity contribution >= 4 is 28.6 Å². The van der Waals surface area contributed by atoms with E-state index in [-0.39, 0.29) is 22.6 Å². The third-order valence-corrected chi connectivity index (χ3v) is 5.80. The van der Waals surface area contributed by atoms with Gasteiger partial charge in [0.25, 0.3) is 0 Å². The highest BCUT2D eigenvalue weighted by molar-refractivity contribution is 14.1. The molecule has 27 heteroatoms. The number of rotatable bonds is 13. The van der Waals surface area contributed by atoms with Gasteiger partial charge in [-0.25, -0.2) is 4.79 Å². The molecular formula is C14H3F24IO2. The molecule has 0 aromatic carbocycles. The van der Waals surface area contributed by atoms with Crippen LogP contribution in [0.1, 0.15) is 0 Å². The van der Waals surface area contributed by atoms with Gasteiger partial charge in [-0.05, 0) is 0 Å². The van der Waals surface area contributed by atoms with Crippen molar-refractivity contribution in [3.63, 3.8) is 0 Å². The van der Waals surface area contributed by atoms with E-state index in [1.54, 1.807) is 0 Å². The molecule has 2 nitrogen and oxygen atoms in total. The molecule has 0 aromatic rings. The van der Waals surface area contributed by atoms with E-state index in [9.17, 15) is 110 Å². The number of carboxylic acids is 1. The monoisotopic (exact) mass is 786 g/mol. The third-order valence-electron chi connectivity index (χ3n) is 4.84. The quantitative estimate of drug-likeness (QED) is 0.116. The molecule has 0 aliphatic carbocycles. The molecule has 0 spiro atoms. The SMILES string of the molecule is O=C(O)C(F)(F)C(F)(F)C(F)(F)C(F)(F)C(F)(F)C(F)(F)C(F)(F)C(F)(F)C(F)(F)C(F)(F)C(F)(F)C(F)(F)CI. The minimum atomic E-state index is -9.59. The summed E-state index contributed by atoms with van der Waals surface area (Å²) in [6.45, 7) is 0. The van der Waals surface area contributed by atoms with Gasteiger partial charge in [-0.2, -0.15) is 105 Å². The lowest BCUT2D eigenvalue weighted by Crippen LogP contribution is -2.78. The summed E-state index contributed by atoms with van der Waals surface area (Å²) in [5.41, 5.74) is 0. The summed E-state index contributed by atoms with van der Waals surface area (Å²) >= 11 is -0.0529. The van der Waals surface area contributed by atoms with E-state index < -0.39 is 81.5 Å². The Labute approximate surface area is 220 Å². The number of carbonyl (C=O) groups is 1. The molecule has 1 N–H and O–H groups in total. The fraction of sp³-hybridized carbons (Fsp3) is 0.929. The molecule has 0 aliphatic heterocycles. The predicted molar refractivity (Wildman–Crippen MR) is 85.9 cm³/mol. The lowest BCUT2D eigenvalue weighted by Gasteiger charge is -2.45. The molecule has 0 amide bonds. The van der Waals surface area contributed by atoms with Crippen LogP contribution >= 0.6 is 22.6 Å². The average Bonchev–Trinajstić information content (AvgIpc) is 2.77. The van der Waals surface area contributed by atoms with Crippen LogP contribution in [0.4, 0.5) is 105 Å². The van der Waals surface area contributed by atoms with Gasteiger partial charge in [-0.1, -0.05) is 22.6 Å². The summed E-state index contributed by atoms with van der Waals surface area (Å²) in [7, 11) is 0. The molecule has 0 saturated heterocycles. The zero-order valence-corrected chi connectivity index (χ0v) is 19.7. The molecule has 0 radical (unpaired) electrons. The summed E-state index contributed by atoms with van der Waals surface area (Å²) in [5.74, 6) is -110. The molecule has 0 unspecified atom stereocenters. The van der Waals surface area contributed by atoms with Gasteiger partial charge in [0.15, 0.2) is 0 Å². The number of aliphatic carboxylic acids is 1. The van der Waals surface area contributed by atoms with Gasteiger partial charge >= 0.3 is 77.0 Å². The maximum absolute atomic E-state index is 13.6. The molecule has 41 heavy (non-hydrogen) atoms. The highest BCUT2D eigenvalue weighted by Crippen LogP contribution is 2.67. The van der Waals surface area contributed by atoms with Gasteiger partial charge < -0.3 is 5.11 Å². The van der Waals surface area contributed by atoms with Crippen LogP contribution in [-0.4, -0.2) is 86.6 Å². The first kappa shape index (κ1) is 39.5. The van der Waals surface area contributed by atoms with Crippen LogP contribution in [0.15, 0.2) is 0 Å². The highest BCUT2D eigenvalue weighted by Gasteiger charge is 2.99. The Bertz CT molecular complexity index is 998. The number of hydrogen-bond donors (Lipinski definition) is 1. The Morgan fingerprint density at radius 2 is 0.561 bits per heavy atom. The maximum atomic E-state index is 13.6. The smallest absolute Gasteiger partial charge is 0.410 e. The van der Waals surface area contributed by atoms with E-state index in [1.165, 1.54) is 0 Å². The zero-order chi connectivity index (χ0) is 34.3. The van der Waals surface area contributed by atoms with Gasteiger partial charge in [0.2, 0.25) is 0 Å². The molecule has 0 saturated carbocycles. The van der Waals surface area contributed by atoms with E-state index in [4.69, 9.17) is 5.11 Å². The van der Waals surface area contributed by atoms with Gasteiger partial charge in [-0.3, -0.25) is 0 Å². The zero-order valence-electron chi connectivity index (χ0n) is 17.5. The maximum Gasteiger partial charge on any atom is 0.410 e. The Morgan fingerprint density at radius 3 is 0.732 bits per heavy atom. The Morgan fingerprint density at radius 1 is 0.390 bits per heavy atom. The second-order valence-electron chi connectivity index (χ2n) is 7.46. The van der Waals surface area contributed by atoms with E-state index in [0.29, 0.717) is 0 Å². The standard InChI is InChI=1S/C14H3F24IO2/c15-3(16,1-39)5(19,20)7(23,24)9(27,28)11(31,32)13(35,36)14(37,38)12(33,34)10(29,30)8(25,26)6(21,22)4(17,18)2(40)41/h1H2,(H,40,41). The minimum Gasteiger partial charge on any atom is -0.477 e. The lowest BCUT2D eigenvalue weighted by molar-refractivity contribution is -0.477. The van der Waals surface area contributed by atoms with Crippen molar-refractivity contribution in [2.24, 2.45) is 0 Å².